The number of halogens is 1. The molecule has 0 saturated carbocycles. The first kappa shape index (κ1) is 16.3. The fourth-order valence-corrected chi connectivity index (χ4v) is 3.05. The molecule has 1 N–H and O–H groups in total. The lowest BCUT2D eigenvalue weighted by molar-refractivity contribution is 0.341. The van der Waals surface area contributed by atoms with Crippen LogP contribution >= 0.6 is 22.6 Å². The molecule has 120 valence electrons. The molecule has 1 fully saturated rings. The van der Waals surface area contributed by atoms with Crippen molar-refractivity contribution in [2.45, 2.75) is 26.2 Å². The molecule has 0 aliphatic carbocycles. The Labute approximate surface area is 152 Å². The Morgan fingerprint density at radius 2 is 1.61 bits per heavy atom. The molecule has 0 bridgehead atoms. The Morgan fingerprint density at radius 3 is 2.26 bits per heavy atom. The lowest BCUT2D eigenvalue weighted by Crippen LogP contribution is -2.39. The fourth-order valence-electron chi connectivity index (χ4n) is 2.69. The summed E-state index contributed by atoms with van der Waals surface area (Å²) in [4.78, 5) is 7.23. The quantitative estimate of drug-likeness (QED) is 0.413. The zero-order chi connectivity index (χ0) is 16.1. The van der Waals surface area contributed by atoms with Gasteiger partial charge in [0.15, 0.2) is 0 Å². The highest BCUT2D eigenvalue weighted by Gasteiger charge is 2.15. The van der Waals surface area contributed by atoms with E-state index in [1.807, 2.05) is 0 Å². The Hall–Kier alpha value is -1.56. The topological polar surface area (TPSA) is 27.6 Å². The number of benzene rings is 2. The third kappa shape index (κ3) is 4.70. The van der Waals surface area contributed by atoms with Crippen LogP contribution in [0.1, 0.15) is 24.8 Å². The van der Waals surface area contributed by atoms with E-state index < -0.39 is 0 Å². The van der Waals surface area contributed by atoms with Crippen LogP contribution in [0.3, 0.4) is 0 Å². The summed E-state index contributed by atoms with van der Waals surface area (Å²) in [5.74, 6) is 0.953. The minimum Gasteiger partial charge on any atom is -0.342 e. The van der Waals surface area contributed by atoms with Crippen molar-refractivity contribution in [3.8, 4) is 0 Å². The van der Waals surface area contributed by atoms with Crippen LogP contribution in [0, 0.1) is 10.5 Å². The molecule has 23 heavy (non-hydrogen) atoms. The molecule has 0 aromatic heterocycles. The van der Waals surface area contributed by atoms with Crippen LogP contribution in [0.25, 0.3) is 0 Å². The molecular weight excluding hydrogens is 397 g/mol. The van der Waals surface area contributed by atoms with E-state index in [0.717, 1.165) is 30.4 Å². The standard InChI is InChI=1S/C19H22IN3/c1-15-5-9-17(10-6-15)21-19(23-13-3-2-4-14-23)22-18-11-7-16(20)8-12-18/h5-12H,2-4,13-14H2,1H3,(H,21,22). The second kappa shape index (κ2) is 7.81. The maximum atomic E-state index is 4.87. The maximum absolute atomic E-state index is 4.87. The van der Waals surface area contributed by atoms with E-state index in [1.165, 1.54) is 28.4 Å². The van der Waals surface area contributed by atoms with Gasteiger partial charge >= 0.3 is 0 Å². The number of likely N-dealkylation sites (tertiary alicyclic amines) is 1. The van der Waals surface area contributed by atoms with Gasteiger partial charge in [0, 0.05) is 22.3 Å². The summed E-state index contributed by atoms with van der Waals surface area (Å²) in [6, 6.07) is 16.8. The van der Waals surface area contributed by atoms with Gasteiger partial charge < -0.3 is 10.2 Å². The Kier molecular flexibility index (Phi) is 5.54. The minimum atomic E-state index is 0.953. The van der Waals surface area contributed by atoms with E-state index in [1.54, 1.807) is 0 Å². The Bertz CT molecular complexity index is 656. The predicted molar refractivity (Wildman–Crippen MR) is 106 cm³/mol. The van der Waals surface area contributed by atoms with Crippen LogP contribution in [0.2, 0.25) is 0 Å². The zero-order valence-corrected chi connectivity index (χ0v) is 15.6. The average molecular weight is 419 g/mol. The second-order valence-corrected chi connectivity index (χ2v) is 7.20. The summed E-state index contributed by atoms with van der Waals surface area (Å²) >= 11 is 2.33. The molecule has 0 amide bonds. The average Bonchev–Trinajstić information content (AvgIpc) is 2.59. The molecule has 2 aromatic rings. The monoisotopic (exact) mass is 419 g/mol. The molecule has 0 radical (unpaired) electrons. The summed E-state index contributed by atoms with van der Waals surface area (Å²) in [6.45, 7) is 4.24. The maximum Gasteiger partial charge on any atom is 0.203 e. The normalized spacial score (nSPS) is 15.6. The van der Waals surface area contributed by atoms with Crippen molar-refractivity contribution in [2.24, 2.45) is 4.99 Å². The van der Waals surface area contributed by atoms with Crippen molar-refractivity contribution >= 4 is 39.9 Å². The van der Waals surface area contributed by atoms with Gasteiger partial charge in [-0.2, -0.15) is 0 Å². The minimum absolute atomic E-state index is 0.953. The second-order valence-electron chi connectivity index (χ2n) is 5.95. The molecule has 0 unspecified atom stereocenters. The van der Waals surface area contributed by atoms with Crippen LogP contribution < -0.4 is 5.32 Å². The van der Waals surface area contributed by atoms with Gasteiger partial charge in [0.05, 0.1) is 5.69 Å². The number of nitrogens with zero attached hydrogens (tertiary/aromatic N) is 2. The number of hydrogen-bond acceptors (Lipinski definition) is 1. The molecule has 1 aliphatic heterocycles. The van der Waals surface area contributed by atoms with Gasteiger partial charge in [-0.25, -0.2) is 4.99 Å². The molecular formula is C19H22IN3. The number of aliphatic imine (C=N–C) groups is 1. The lowest BCUT2D eigenvalue weighted by Gasteiger charge is -2.30. The number of hydrogen-bond donors (Lipinski definition) is 1. The highest BCUT2D eigenvalue weighted by molar-refractivity contribution is 14.1. The fraction of sp³-hybridized carbons (Fsp3) is 0.316. The van der Waals surface area contributed by atoms with Crippen molar-refractivity contribution in [3.05, 3.63) is 57.7 Å². The Balaban J connectivity index is 1.86. The van der Waals surface area contributed by atoms with E-state index in [9.17, 15) is 0 Å². The van der Waals surface area contributed by atoms with E-state index in [2.05, 4.69) is 88.3 Å². The zero-order valence-electron chi connectivity index (χ0n) is 13.4. The summed E-state index contributed by atoms with van der Waals surface area (Å²) in [7, 11) is 0. The van der Waals surface area contributed by atoms with Crippen molar-refractivity contribution in [1.82, 2.24) is 4.90 Å². The van der Waals surface area contributed by atoms with Crippen molar-refractivity contribution < 1.29 is 0 Å². The van der Waals surface area contributed by atoms with Gasteiger partial charge in [0.2, 0.25) is 5.96 Å². The molecule has 0 atom stereocenters. The van der Waals surface area contributed by atoms with Gasteiger partial charge in [0.25, 0.3) is 0 Å². The number of nitrogens with one attached hydrogen (secondary N) is 1. The van der Waals surface area contributed by atoms with Crippen molar-refractivity contribution in [2.75, 3.05) is 18.4 Å². The first-order valence-electron chi connectivity index (χ1n) is 8.13. The summed E-state index contributed by atoms with van der Waals surface area (Å²) in [6.07, 6.45) is 3.79. The molecule has 1 heterocycles. The Morgan fingerprint density at radius 1 is 0.957 bits per heavy atom. The number of piperidine rings is 1. The van der Waals surface area contributed by atoms with Crippen LogP contribution in [-0.2, 0) is 0 Å². The van der Waals surface area contributed by atoms with Gasteiger partial charge in [-0.1, -0.05) is 17.7 Å². The summed E-state index contributed by atoms with van der Waals surface area (Å²) in [5, 5.41) is 3.51. The third-order valence-corrected chi connectivity index (χ3v) is 4.74. The third-order valence-electron chi connectivity index (χ3n) is 4.02. The van der Waals surface area contributed by atoms with Crippen molar-refractivity contribution in [3.63, 3.8) is 0 Å². The molecule has 2 aromatic carbocycles. The van der Waals surface area contributed by atoms with Gasteiger partial charge in [-0.05, 0) is 85.2 Å². The van der Waals surface area contributed by atoms with E-state index in [0.29, 0.717) is 0 Å². The van der Waals surface area contributed by atoms with E-state index >= 15 is 0 Å². The lowest BCUT2D eigenvalue weighted by atomic mass is 10.1. The van der Waals surface area contributed by atoms with Gasteiger partial charge in [-0.3, -0.25) is 0 Å². The van der Waals surface area contributed by atoms with Crippen LogP contribution in [0.5, 0.6) is 0 Å². The molecule has 3 rings (SSSR count). The predicted octanol–water partition coefficient (Wildman–Crippen LogP) is 5.19. The van der Waals surface area contributed by atoms with Crippen molar-refractivity contribution in [1.29, 1.82) is 0 Å². The van der Waals surface area contributed by atoms with E-state index in [4.69, 9.17) is 4.99 Å². The van der Waals surface area contributed by atoms with Crippen LogP contribution in [0.15, 0.2) is 53.5 Å². The highest BCUT2D eigenvalue weighted by atomic mass is 127. The molecule has 3 nitrogen and oxygen atoms in total. The van der Waals surface area contributed by atoms with Crippen LogP contribution in [-0.4, -0.2) is 23.9 Å². The molecule has 1 aliphatic rings. The SMILES string of the molecule is Cc1ccc(N=C(Nc2ccc(I)cc2)N2CCCCC2)cc1. The van der Waals surface area contributed by atoms with Gasteiger partial charge in [0.1, 0.15) is 0 Å². The van der Waals surface area contributed by atoms with Crippen LogP contribution in [0.4, 0.5) is 11.4 Å². The largest absolute Gasteiger partial charge is 0.342 e. The van der Waals surface area contributed by atoms with E-state index in [-0.39, 0.29) is 0 Å². The smallest absolute Gasteiger partial charge is 0.203 e. The number of rotatable bonds is 2. The number of aryl methyl sites for hydroxylation is 1. The number of anilines is 1. The molecule has 4 heteroatoms. The molecule has 0 spiro atoms. The summed E-state index contributed by atoms with van der Waals surface area (Å²) in [5.41, 5.74) is 3.34. The summed E-state index contributed by atoms with van der Waals surface area (Å²) < 4.78 is 1.24. The number of guanidine groups is 1. The first-order valence-corrected chi connectivity index (χ1v) is 9.21. The highest BCUT2D eigenvalue weighted by Crippen LogP contribution is 2.18. The van der Waals surface area contributed by atoms with Gasteiger partial charge in [-0.15, -0.1) is 0 Å². The molecule has 1 saturated heterocycles. The first-order chi connectivity index (χ1) is 11.2.